The first-order valence-corrected chi connectivity index (χ1v) is 50.3. The van der Waals surface area contributed by atoms with Crippen LogP contribution < -0.4 is 0 Å². The third-order valence-electron chi connectivity index (χ3n) is 30.9. The lowest BCUT2D eigenvalue weighted by atomic mass is 10.0. The smallest absolute Gasteiger partial charge is 0.159 e. The number of aromatic nitrogens is 6. The van der Waals surface area contributed by atoms with E-state index < -0.39 is 0 Å². The molecule has 0 aliphatic heterocycles. The number of benzene rings is 24. The van der Waals surface area contributed by atoms with Crippen molar-refractivity contribution in [3.05, 3.63) is 510 Å². The first-order chi connectivity index (χ1) is 72.9. The Morgan fingerprint density at radius 1 is 0.122 bits per heavy atom. The van der Waals surface area contributed by atoms with Crippen LogP contribution in [0.1, 0.15) is 0 Å². The summed E-state index contributed by atoms with van der Waals surface area (Å²) in [5.74, 6) is 0. The van der Waals surface area contributed by atoms with E-state index in [-0.39, 0.29) is 0 Å². The van der Waals surface area contributed by atoms with Gasteiger partial charge < -0.3 is 40.7 Å². The van der Waals surface area contributed by atoms with E-state index in [1.807, 2.05) is 0 Å². The average Bonchev–Trinajstić information content (AvgIpc) is 1.57. The summed E-state index contributed by atoms with van der Waals surface area (Å²) in [5.41, 5.74) is 33.6. The average molecular weight is 1870 g/mol. The molecule has 0 saturated heterocycles. The lowest BCUT2D eigenvalue weighted by Crippen LogP contribution is -1.94. The van der Waals surface area contributed by atoms with E-state index in [1.165, 1.54) is 219 Å². The zero-order chi connectivity index (χ0) is 96.2. The van der Waals surface area contributed by atoms with Gasteiger partial charge in [-0.3, -0.25) is 0 Å². The van der Waals surface area contributed by atoms with Gasteiger partial charge in [0.05, 0.1) is 71.9 Å². The van der Waals surface area contributed by atoms with Crippen LogP contribution in [0.4, 0.5) is 0 Å². The van der Waals surface area contributed by atoms with Gasteiger partial charge in [-0.15, -0.1) is 0 Å². The Labute approximate surface area is 840 Å². The van der Waals surface area contributed by atoms with Crippen LogP contribution in [0.2, 0.25) is 0 Å². The zero-order valence-corrected chi connectivity index (χ0v) is 79.4. The molecule has 0 unspecified atom stereocenters. The minimum absolute atomic E-state index is 0.895. The maximum absolute atomic E-state index is 6.73. The van der Waals surface area contributed by atoms with Gasteiger partial charge in [0, 0.05) is 131 Å². The summed E-state index contributed by atoms with van der Waals surface area (Å²) in [6, 6.07) is 184. The molecular formula is C138H84N6O3. The minimum atomic E-state index is 0.895. The van der Waals surface area contributed by atoms with Gasteiger partial charge in [-0.1, -0.05) is 322 Å². The molecule has 147 heavy (non-hydrogen) atoms. The Kier molecular flexibility index (Phi) is 18.1. The molecule has 33 rings (SSSR count). The molecule has 9 heterocycles. The van der Waals surface area contributed by atoms with E-state index in [4.69, 9.17) is 13.3 Å². The van der Waals surface area contributed by atoms with E-state index in [9.17, 15) is 0 Å². The molecule has 9 aromatic heterocycles. The van der Waals surface area contributed by atoms with Crippen LogP contribution in [0, 0.1) is 0 Å². The fourth-order valence-electron chi connectivity index (χ4n) is 24.4. The van der Waals surface area contributed by atoms with E-state index in [1.54, 1.807) is 0 Å². The van der Waals surface area contributed by atoms with Gasteiger partial charge in [-0.05, 0) is 248 Å². The molecule has 9 heteroatoms. The summed E-state index contributed by atoms with van der Waals surface area (Å²) in [5, 5.41) is 29.1. The third-order valence-corrected chi connectivity index (χ3v) is 30.9. The number of para-hydroxylation sites is 10. The molecule has 0 atom stereocenters. The zero-order valence-electron chi connectivity index (χ0n) is 79.4. The Morgan fingerprint density at radius 3 is 0.810 bits per heavy atom. The van der Waals surface area contributed by atoms with Crippen molar-refractivity contribution in [2.45, 2.75) is 0 Å². The minimum Gasteiger partial charge on any atom is -0.456 e. The van der Waals surface area contributed by atoms with Crippen molar-refractivity contribution in [1.82, 2.24) is 27.4 Å². The summed E-state index contributed by atoms with van der Waals surface area (Å²) in [6.07, 6.45) is 0. The van der Waals surface area contributed by atoms with Gasteiger partial charge in [-0.2, -0.15) is 0 Å². The highest BCUT2D eigenvalue weighted by atomic mass is 16.3. The molecule has 684 valence electrons. The molecule has 0 N–H and O–H groups in total. The van der Waals surface area contributed by atoms with Crippen LogP contribution in [0.5, 0.6) is 0 Å². The topological polar surface area (TPSA) is 69.0 Å². The van der Waals surface area contributed by atoms with Crippen molar-refractivity contribution in [2.24, 2.45) is 0 Å². The lowest BCUT2D eigenvalue weighted by Gasteiger charge is -2.10. The molecule has 0 amide bonds. The lowest BCUT2D eigenvalue weighted by molar-refractivity contribution is 0.666. The number of furan rings is 3. The van der Waals surface area contributed by atoms with Crippen LogP contribution in [0.3, 0.4) is 0 Å². The predicted molar refractivity (Wildman–Crippen MR) is 616 cm³/mol. The van der Waals surface area contributed by atoms with Crippen molar-refractivity contribution >= 4 is 229 Å². The molecular weight excluding hydrogens is 1790 g/mol. The highest BCUT2D eigenvalue weighted by Crippen LogP contribution is 2.49. The van der Waals surface area contributed by atoms with Gasteiger partial charge in [-0.25, -0.2) is 0 Å². The summed E-state index contributed by atoms with van der Waals surface area (Å²) < 4.78 is 33.9. The maximum atomic E-state index is 6.73. The highest BCUT2D eigenvalue weighted by Gasteiger charge is 2.26. The van der Waals surface area contributed by atoms with Crippen LogP contribution in [-0.2, 0) is 0 Å². The first-order valence-electron chi connectivity index (χ1n) is 50.3. The van der Waals surface area contributed by atoms with Crippen molar-refractivity contribution in [3.63, 3.8) is 0 Å². The van der Waals surface area contributed by atoms with Crippen LogP contribution in [0.25, 0.3) is 296 Å². The molecule has 0 aliphatic rings. The van der Waals surface area contributed by atoms with Gasteiger partial charge in [0.15, 0.2) is 5.58 Å². The SMILES string of the molecule is c1ccc(-n2c3ccccc3c3cc(-c4ccc5c6ccccc6n(-c6ccc7c(c6)oc6ccc8ccccc8c67)c5c4)ccc32)cc1.c1ccc(-n2c3ccccc3c3cc(-c4ccc5c6ccccc6n(-c6ccc7oc8ccc9ccccc9c8c7c6)c5c4)ccc32)cc1.c1ccc(-n2c3ccccc3c3cc(-c4ccc5c6ccccc6n(-c6cccc7c6oc6ccc8ccccc8c67)c5c4)ccc32)cc1. The number of fused-ring (bicyclic) bond motifs is 33. The van der Waals surface area contributed by atoms with Gasteiger partial charge in [0.2, 0.25) is 0 Å². The second-order valence-electron chi connectivity index (χ2n) is 38.8. The van der Waals surface area contributed by atoms with Crippen molar-refractivity contribution in [3.8, 4) is 67.5 Å². The number of hydrogen-bond donors (Lipinski definition) is 0. The second kappa shape index (κ2) is 32.4. The van der Waals surface area contributed by atoms with Gasteiger partial charge in [0.25, 0.3) is 0 Å². The molecule has 0 spiro atoms. The van der Waals surface area contributed by atoms with Gasteiger partial charge in [0.1, 0.15) is 27.9 Å². The largest absolute Gasteiger partial charge is 0.456 e. The van der Waals surface area contributed by atoms with Crippen LogP contribution in [0.15, 0.2) is 523 Å². The Morgan fingerprint density at radius 2 is 0.395 bits per heavy atom. The van der Waals surface area contributed by atoms with Crippen LogP contribution >= 0.6 is 0 Å². The molecule has 0 fully saturated rings. The van der Waals surface area contributed by atoms with E-state index in [0.29, 0.717) is 0 Å². The third kappa shape index (κ3) is 12.7. The number of rotatable bonds is 9. The molecule has 0 bridgehead atoms. The molecule has 0 aliphatic carbocycles. The van der Waals surface area contributed by atoms with E-state index in [2.05, 4.69) is 537 Å². The normalized spacial score (nSPS) is 12.1. The van der Waals surface area contributed by atoms with Crippen molar-refractivity contribution < 1.29 is 13.3 Å². The standard InChI is InChI=1S/3C46H28N2O/c1-2-12-32(13-3-1)47-39-18-8-7-16-35(39)38-27-30(22-25-41(38)47)31-21-24-36-34-15-6-9-19-40(34)48(43(36)28-31)42-20-10-17-37-45-33-14-5-4-11-29(33)23-26-44(45)49-46(37)42;1-2-11-32(12-3-1)47-41-17-9-7-15-36(41)39-26-30(19-24-42(39)47)31-18-22-37-35-14-6-8-16-40(35)48(43(37)27-31)33-21-23-38-45(28-33)49-44-25-20-29-10-4-5-13-34(29)46(38)44;1-2-11-32(12-3-1)47-41-17-9-7-15-36(41)38-26-30(19-23-42(38)47)31-18-22-37-35-14-6-8-16-40(35)48(43(37)27-31)33-21-25-44-39(28-33)46-34-13-5-4-10-29(34)20-24-45(46)49-44/h3*1-28H. The Bertz CT molecular complexity index is 11300. The molecule has 0 radical (unpaired) electrons. The predicted octanol–water partition coefficient (Wildman–Crippen LogP) is 37.8. The first kappa shape index (κ1) is 82.0. The second-order valence-corrected chi connectivity index (χ2v) is 38.8. The fourth-order valence-corrected chi connectivity index (χ4v) is 24.4. The van der Waals surface area contributed by atoms with Crippen molar-refractivity contribution in [1.29, 1.82) is 0 Å². The van der Waals surface area contributed by atoms with E-state index >= 15 is 0 Å². The monoisotopic (exact) mass is 1870 g/mol. The Hall–Kier alpha value is -19.7. The Balaban J connectivity index is 0.0000000999. The molecule has 0 saturated carbocycles. The number of nitrogens with zero attached hydrogens (tertiary/aromatic N) is 6. The van der Waals surface area contributed by atoms with Gasteiger partial charge >= 0.3 is 0 Å². The highest BCUT2D eigenvalue weighted by molar-refractivity contribution is 6.25. The number of hydrogen-bond acceptors (Lipinski definition) is 3. The van der Waals surface area contributed by atoms with Crippen molar-refractivity contribution in [2.75, 3.05) is 0 Å². The fraction of sp³-hybridized carbons (Fsp3) is 0. The summed E-state index contributed by atoms with van der Waals surface area (Å²) in [6.45, 7) is 0. The summed E-state index contributed by atoms with van der Waals surface area (Å²) >= 11 is 0. The van der Waals surface area contributed by atoms with Crippen LogP contribution in [-0.4, -0.2) is 27.4 Å². The molecule has 33 aromatic rings. The van der Waals surface area contributed by atoms with E-state index in [0.717, 1.165) is 77.8 Å². The summed E-state index contributed by atoms with van der Waals surface area (Å²) in [7, 11) is 0. The summed E-state index contributed by atoms with van der Waals surface area (Å²) in [4.78, 5) is 0. The quantitative estimate of drug-likeness (QED) is 0.145. The molecule has 24 aromatic carbocycles. The maximum Gasteiger partial charge on any atom is 0.159 e. The molecule has 9 nitrogen and oxygen atoms in total.